The van der Waals surface area contributed by atoms with Gasteiger partial charge in [-0.25, -0.2) is 4.79 Å². The Morgan fingerprint density at radius 1 is 1.28 bits per heavy atom. The van der Waals surface area contributed by atoms with Gasteiger partial charge in [0.2, 0.25) is 11.8 Å². The zero-order chi connectivity index (χ0) is 18.8. The lowest BCUT2D eigenvalue weighted by Crippen LogP contribution is -2.54. The molecule has 0 aliphatic carbocycles. The van der Waals surface area contributed by atoms with Gasteiger partial charge in [0.15, 0.2) is 0 Å². The summed E-state index contributed by atoms with van der Waals surface area (Å²) in [6.07, 6.45) is 0.466. The first-order chi connectivity index (χ1) is 11.6. The zero-order valence-corrected chi connectivity index (χ0v) is 15.9. The maximum absolute atomic E-state index is 12.5. The lowest BCUT2D eigenvalue weighted by Gasteiger charge is -2.27. The predicted octanol–water partition coefficient (Wildman–Crippen LogP) is 3.11. The number of imide groups is 1. The van der Waals surface area contributed by atoms with E-state index in [1.54, 1.807) is 18.2 Å². The van der Waals surface area contributed by atoms with E-state index in [2.05, 4.69) is 10.6 Å². The number of hydrogen-bond donors (Lipinski definition) is 2. The van der Waals surface area contributed by atoms with Crippen molar-refractivity contribution in [1.82, 2.24) is 15.5 Å². The number of likely N-dealkylation sites (tertiary alicyclic amines) is 1. The van der Waals surface area contributed by atoms with Crippen molar-refractivity contribution in [2.24, 2.45) is 0 Å². The molecule has 2 rings (SSSR count). The van der Waals surface area contributed by atoms with Gasteiger partial charge in [-0.05, 0) is 44.9 Å². The van der Waals surface area contributed by atoms with Crippen molar-refractivity contribution >= 4 is 41.0 Å². The molecule has 1 aromatic rings. The Labute approximate surface area is 156 Å². The lowest BCUT2D eigenvalue weighted by atomic mass is 10.1. The summed E-state index contributed by atoms with van der Waals surface area (Å²) in [6.45, 7) is 5.61. The minimum absolute atomic E-state index is 0.164. The normalized spacial score (nSPS) is 17.6. The van der Waals surface area contributed by atoms with E-state index in [1.165, 1.54) is 0 Å². The number of carbonyl (C=O) groups excluding carboxylic acids is 3. The standard InChI is InChI=1S/C17H21Cl2N3O3/c1-17(2,3)21-16(25)22-13(6-7-14(22)23)15(24)20-9-10-4-5-11(18)8-12(10)19/h4-5,8,13H,6-7,9H2,1-3H3,(H,20,24)(H,21,25). The quantitative estimate of drug-likeness (QED) is 0.838. The Morgan fingerprint density at radius 3 is 2.56 bits per heavy atom. The third kappa shape index (κ3) is 5.09. The van der Waals surface area contributed by atoms with Crippen LogP contribution in [0.2, 0.25) is 10.0 Å². The number of urea groups is 1. The van der Waals surface area contributed by atoms with E-state index in [-0.39, 0.29) is 24.8 Å². The first kappa shape index (κ1) is 19.5. The molecule has 0 aromatic heterocycles. The van der Waals surface area contributed by atoms with Gasteiger partial charge in [0.1, 0.15) is 6.04 Å². The van der Waals surface area contributed by atoms with E-state index in [0.29, 0.717) is 22.0 Å². The first-order valence-corrected chi connectivity index (χ1v) is 8.70. The molecule has 6 nitrogen and oxygen atoms in total. The molecular weight excluding hydrogens is 365 g/mol. The van der Waals surface area contributed by atoms with Crippen molar-refractivity contribution in [3.8, 4) is 0 Å². The van der Waals surface area contributed by atoms with E-state index in [4.69, 9.17) is 23.2 Å². The van der Waals surface area contributed by atoms with Gasteiger partial charge < -0.3 is 10.6 Å². The largest absolute Gasteiger partial charge is 0.350 e. The highest BCUT2D eigenvalue weighted by Gasteiger charge is 2.41. The van der Waals surface area contributed by atoms with E-state index in [9.17, 15) is 14.4 Å². The molecule has 0 spiro atoms. The van der Waals surface area contributed by atoms with Gasteiger partial charge in [-0.15, -0.1) is 0 Å². The molecule has 8 heteroatoms. The fourth-order valence-electron chi connectivity index (χ4n) is 2.53. The van der Waals surface area contributed by atoms with Crippen molar-refractivity contribution in [3.63, 3.8) is 0 Å². The third-order valence-electron chi connectivity index (χ3n) is 3.68. The van der Waals surface area contributed by atoms with E-state index in [0.717, 1.165) is 4.90 Å². The molecule has 1 aliphatic rings. The Balaban J connectivity index is 2.04. The summed E-state index contributed by atoms with van der Waals surface area (Å²) < 4.78 is 0. The van der Waals surface area contributed by atoms with Crippen molar-refractivity contribution in [3.05, 3.63) is 33.8 Å². The van der Waals surface area contributed by atoms with E-state index in [1.807, 2.05) is 20.8 Å². The molecule has 136 valence electrons. The molecule has 1 heterocycles. The Morgan fingerprint density at radius 2 is 1.96 bits per heavy atom. The molecule has 1 atom stereocenters. The summed E-state index contributed by atoms with van der Waals surface area (Å²) in [5, 5.41) is 6.39. The van der Waals surface area contributed by atoms with Crippen molar-refractivity contribution in [2.75, 3.05) is 0 Å². The predicted molar refractivity (Wildman–Crippen MR) is 96.5 cm³/mol. The van der Waals surface area contributed by atoms with Crippen molar-refractivity contribution in [1.29, 1.82) is 0 Å². The van der Waals surface area contributed by atoms with Crippen LogP contribution in [0.15, 0.2) is 18.2 Å². The molecule has 0 bridgehead atoms. The molecule has 0 saturated carbocycles. The molecule has 2 N–H and O–H groups in total. The van der Waals surface area contributed by atoms with Gasteiger partial charge in [0, 0.05) is 28.5 Å². The highest BCUT2D eigenvalue weighted by molar-refractivity contribution is 6.35. The monoisotopic (exact) mass is 385 g/mol. The maximum Gasteiger partial charge on any atom is 0.325 e. The van der Waals surface area contributed by atoms with Gasteiger partial charge in [-0.1, -0.05) is 29.3 Å². The molecule has 1 aromatic carbocycles. The second-order valence-corrected chi connectivity index (χ2v) is 7.80. The van der Waals surface area contributed by atoms with Crippen LogP contribution in [0.1, 0.15) is 39.2 Å². The van der Waals surface area contributed by atoms with Gasteiger partial charge in [0.25, 0.3) is 0 Å². The van der Waals surface area contributed by atoms with Crippen LogP contribution in [0.4, 0.5) is 4.79 Å². The van der Waals surface area contributed by atoms with E-state index < -0.39 is 17.6 Å². The van der Waals surface area contributed by atoms with Crippen molar-refractivity contribution < 1.29 is 14.4 Å². The summed E-state index contributed by atoms with van der Waals surface area (Å²) >= 11 is 11.9. The minimum Gasteiger partial charge on any atom is -0.350 e. The summed E-state index contributed by atoms with van der Waals surface area (Å²) in [5.41, 5.74) is 0.201. The van der Waals surface area contributed by atoms with Crippen LogP contribution in [-0.4, -0.2) is 34.3 Å². The highest BCUT2D eigenvalue weighted by Crippen LogP contribution is 2.22. The fourth-order valence-corrected chi connectivity index (χ4v) is 3.01. The number of nitrogens with one attached hydrogen (secondary N) is 2. The Kier molecular flexibility index (Phi) is 5.95. The third-order valence-corrected chi connectivity index (χ3v) is 4.27. The SMILES string of the molecule is CC(C)(C)NC(=O)N1C(=O)CCC1C(=O)NCc1ccc(Cl)cc1Cl. The molecule has 4 amide bonds. The fraction of sp³-hybridized carbons (Fsp3) is 0.471. The van der Waals surface area contributed by atoms with E-state index >= 15 is 0 Å². The summed E-state index contributed by atoms with van der Waals surface area (Å²) in [6, 6.07) is 3.61. The molecular formula is C17H21Cl2N3O3. The maximum atomic E-state index is 12.5. The molecule has 1 fully saturated rings. The number of benzene rings is 1. The zero-order valence-electron chi connectivity index (χ0n) is 14.4. The van der Waals surface area contributed by atoms with Crippen LogP contribution < -0.4 is 10.6 Å². The second-order valence-electron chi connectivity index (χ2n) is 6.95. The molecule has 1 aliphatic heterocycles. The average Bonchev–Trinajstić information content (AvgIpc) is 2.86. The lowest BCUT2D eigenvalue weighted by molar-refractivity contribution is -0.132. The molecule has 1 unspecified atom stereocenters. The van der Waals surface area contributed by atoms with Crippen LogP contribution >= 0.6 is 23.2 Å². The van der Waals surface area contributed by atoms with Gasteiger partial charge in [-0.2, -0.15) is 0 Å². The van der Waals surface area contributed by atoms with Crippen LogP contribution in [0, 0.1) is 0 Å². The average molecular weight is 386 g/mol. The number of carbonyl (C=O) groups is 3. The van der Waals surface area contributed by atoms with Crippen LogP contribution in [0.3, 0.4) is 0 Å². The number of hydrogen-bond acceptors (Lipinski definition) is 3. The van der Waals surface area contributed by atoms with Crippen LogP contribution in [-0.2, 0) is 16.1 Å². The smallest absolute Gasteiger partial charge is 0.325 e. The van der Waals surface area contributed by atoms with Gasteiger partial charge in [0.05, 0.1) is 0 Å². The first-order valence-electron chi connectivity index (χ1n) is 7.94. The van der Waals surface area contributed by atoms with Crippen LogP contribution in [0.5, 0.6) is 0 Å². The number of halogens is 2. The number of amides is 4. The summed E-state index contributed by atoms with van der Waals surface area (Å²) in [5.74, 6) is -0.743. The summed E-state index contributed by atoms with van der Waals surface area (Å²) in [4.78, 5) is 37.8. The van der Waals surface area contributed by atoms with Gasteiger partial charge in [-0.3, -0.25) is 14.5 Å². The Hall–Kier alpha value is -1.79. The number of rotatable bonds is 3. The Bertz CT molecular complexity index is 701. The second kappa shape index (κ2) is 7.62. The van der Waals surface area contributed by atoms with Crippen molar-refractivity contribution in [2.45, 2.75) is 51.7 Å². The molecule has 0 radical (unpaired) electrons. The van der Waals surface area contributed by atoms with Crippen LogP contribution in [0.25, 0.3) is 0 Å². The summed E-state index contributed by atoms with van der Waals surface area (Å²) in [7, 11) is 0. The molecule has 1 saturated heterocycles. The topological polar surface area (TPSA) is 78.5 Å². The highest BCUT2D eigenvalue weighted by atomic mass is 35.5. The van der Waals surface area contributed by atoms with Gasteiger partial charge >= 0.3 is 6.03 Å². The minimum atomic E-state index is -0.819. The molecule has 25 heavy (non-hydrogen) atoms. The number of nitrogens with zero attached hydrogens (tertiary/aromatic N) is 1.